The van der Waals surface area contributed by atoms with Crippen molar-refractivity contribution in [1.82, 2.24) is 35.0 Å². The zero-order chi connectivity index (χ0) is 35.1. The molecular formula is C35H49N7O7. The van der Waals surface area contributed by atoms with Crippen molar-refractivity contribution < 1.29 is 34.2 Å². The van der Waals surface area contributed by atoms with Crippen LogP contribution in [0.25, 0.3) is 17.1 Å². The summed E-state index contributed by atoms with van der Waals surface area (Å²) >= 11 is 0. The quantitative estimate of drug-likeness (QED) is 0.212. The minimum atomic E-state index is -1.12. The fraction of sp³-hybridized carbons (Fsp3) is 0.600. The second-order valence-corrected chi connectivity index (χ2v) is 14.3. The van der Waals surface area contributed by atoms with Crippen LogP contribution in [0, 0.1) is 5.41 Å². The first-order valence-corrected chi connectivity index (χ1v) is 17.3. The predicted molar refractivity (Wildman–Crippen MR) is 182 cm³/mol. The Balaban J connectivity index is 1.42. The van der Waals surface area contributed by atoms with E-state index in [4.69, 9.17) is 9.94 Å². The molecule has 14 nitrogen and oxygen atoms in total. The van der Waals surface area contributed by atoms with E-state index < -0.39 is 30.3 Å². The topological polar surface area (TPSA) is 169 Å². The number of rotatable bonds is 13. The van der Waals surface area contributed by atoms with Gasteiger partial charge in [0, 0.05) is 38.4 Å². The molecular weight excluding hydrogens is 630 g/mol. The van der Waals surface area contributed by atoms with Crippen LogP contribution in [-0.2, 0) is 19.2 Å². The molecule has 3 saturated heterocycles. The highest BCUT2D eigenvalue weighted by atomic mass is 16.7. The van der Waals surface area contributed by atoms with Crippen LogP contribution in [-0.4, -0.2) is 127 Å². The van der Waals surface area contributed by atoms with Crippen molar-refractivity contribution in [3.63, 3.8) is 0 Å². The summed E-state index contributed by atoms with van der Waals surface area (Å²) in [5, 5.41) is 21.7. The highest BCUT2D eigenvalue weighted by molar-refractivity contribution is 5.95. The summed E-state index contributed by atoms with van der Waals surface area (Å²) in [6, 6.07) is 6.57. The van der Waals surface area contributed by atoms with Gasteiger partial charge in [-0.3, -0.25) is 24.2 Å². The average Bonchev–Trinajstić information content (AvgIpc) is 3.53. The van der Waals surface area contributed by atoms with Crippen molar-refractivity contribution >= 4 is 40.9 Å². The molecule has 0 spiro atoms. The predicted octanol–water partition coefficient (Wildman–Crippen LogP) is 2.87. The maximum Gasteiger partial charge on any atom is 0.404 e. The number of para-hydroxylation sites is 2. The standard InChI is InChI=1S/C35H49N7O7/c1-35(2,3)20-28-32(45)40(25-15-18-39(22-25)17-8-9-19-43)23-30-41(28)33(46)29(12-6-7-16-36-34(47)48)49-42(30)31(44)14-13-24-21-37-26-10-4-5-11-27(26)38-24/h4-5,10-11,13-14,21,25,28-30,36,43H,6-9,12,15-20,22-23H2,1-3H3,(H,47,48)/b14-13+/t25?,28-,29+,30-/m0/s1. The van der Waals surface area contributed by atoms with E-state index in [-0.39, 0.29) is 49.4 Å². The molecule has 3 aliphatic rings. The second-order valence-electron chi connectivity index (χ2n) is 14.3. The molecule has 2 aromatic rings. The maximum atomic E-state index is 14.4. The molecule has 4 heterocycles. The number of aromatic nitrogens is 2. The van der Waals surface area contributed by atoms with Gasteiger partial charge in [-0.15, -0.1) is 0 Å². The van der Waals surface area contributed by atoms with E-state index in [0.29, 0.717) is 37.0 Å². The van der Waals surface area contributed by atoms with Crippen molar-refractivity contribution in [3.05, 3.63) is 42.2 Å². The summed E-state index contributed by atoms with van der Waals surface area (Å²) in [5.41, 5.74) is 1.60. The Morgan fingerprint density at radius 1 is 1.06 bits per heavy atom. The molecule has 3 N–H and O–H groups in total. The van der Waals surface area contributed by atoms with Crippen molar-refractivity contribution in [1.29, 1.82) is 0 Å². The lowest BCUT2D eigenvalue weighted by atomic mass is 9.85. The fourth-order valence-electron chi connectivity index (χ4n) is 6.90. The number of unbranched alkanes of at least 4 members (excludes halogenated alkanes) is 2. The number of likely N-dealkylation sites (tertiary alicyclic amines) is 1. The molecule has 266 valence electrons. The number of nitrogens with one attached hydrogen (secondary N) is 1. The number of aliphatic hydroxyl groups is 1. The van der Waals surface area contributed by atoms with Gasteiger partial charge in [-0.2, -0.15) is 5.06 Å². The Morgan fingerprint density at radius 2 is 1.84 bits per heavy atom. The van der Waals surface area contributed by atoms with Crippen LogP contribution < -0.4 is 5.32 Å². The number of fused-ring (bicyclic) bond motifs is 2. The molecule has 14 heteroatoms. The van der Waals surface area contributed by atoms with E-state index in [0.717, 1.165) is 37.9 Å². The monoisotopic (exact) mass is 679 g/mol. The molecule has 0 aliphatic carbocycles. The SMILES string of the molecule is CC(C)(C)C[C@H]1C(=O)N(C2CCN(CCCCO)C2)C[C@@H]2N(C(=O)/C=C/c3cnc4ccccc4n3)O[C@H](CCCCNC(=O)O)C(=O)N21. The molecule has 0 radical (unpaired) electrons. The number of carbonyl (C=O) groups is 4. The van der Waals surface area contributed by atoms with E-state index >= 15 is 0 Å². The van der Waals surface area contributed by atoms with Crippen LogP contribution >= 0.6 is 0 Å². The van der Waals surface area contributed by atoms with Gasteiger partial charge in [0.15, 0.2) is 12.3 Å². The van der Waals surface area contributed by atoms with E-state index in [9.17, 15) is 24.3 Å². The van der Waals surface area contributed by atoms with Crippen LogP contribution in [0.3, 0.4) is 0 Å². The third kappa shape index (κ3) is 9.11. The first-order chi connectivity index (χ1) is 23.4. The molecule has 4 amide bonds. The molecule has 1 aromatic carbocycles. The lowest BCUT2D eigenvalue weighted by Crippen LogP contribution is -2.74. The van der Waals surface area contributed by atoms with Gasteiger partial charge in [0.2, 0.25) is 5.91 Å². The second kappa shape index (κ2) is 16.0. The number of carboxylic acid groups (broad SMARTS) is 1. The number of nitrogens with zero attached hydrogens (tertiary/aromatic N) is 6. The van der Waals surface area contributed by atoms with Gasteiger partial charge in [-0.1, -0.05) is 32.9 Å². The van der Waals surface area contributed by atoms with Gasteiger partial charge in [-0.05, 0) is 75.1 Å². The zero-order valence-electron chi connectivity index (χ0n) is 28.7. The first kappa shape index (κ1) is 36.1. The Bertz CT molecular complexity index is 1530. The van der Waals surface area contributed by atoms with Gasteiger partial charge in [0.25, 0.3) is 11.8 Å². The smallest absolute Gasteiger partial charge is 0.404 e. The number of piperazine rings is 1. The highest BCUT2D eigenvalue weighted by Crippen LogP contribution is 2.36. The molecule has 3 fully saturated rings. The average molecular weight is 680 g/mol. The number of hydrogen-bond donors (Lipinski definition) is 3. The maximum absolute atomic E-state index is 14.4. The molecule has 5 rings (SSSR count). The van der Waals surface area contributed by atoms with Crippen molar-refractivity contribution in [2.24, 2.45) is 5.41 Å². The Kier molecular flexibility index (Phi) is 11.8. The molecule has 4 atom stereocenters. The Hall–Kier alpha value is -4.14. The van der Waals surface area contributed by atoms with Crippen LogP contribution in [0.4, 0.5) is 4.79 Å². The molecule has 1 unspecified atom stereocenters. The van der Waals surface area contributed by atoms with Gasteiger partial charge < -0.3 is 30.2 Å². The molecule has 0 bridgehead atoms. The Labute approximate surface area is 287 Å². The zero-order valence-corrected chi connectivity index (χ0v) is 28.7. The van der Waals surface area contributed by atoms with Crippen molar-refractivity contribution in [2.75, 3.05) is 39.3 Å². The summed E-state index contributed by atoms with van der Waals surface area (Å²) in [6.07, 6.45) is 5.49. The number of amides is 4. The summed E-state index contributed by atoms with van der Waals surface area (Å²) in [4.78, 5) is 74.4. The Morgan fingerprint density at radius 3 is 2.57 bits per heavy atom. The van der Waals surface area contributed by atoms with E-state index in [1.165, 1.54) is 11.1 Å². The van der Waals surface area contributed by atoms with Gasteiger partial charge in [-0.25, -0.2) is 9.78 Å². The van der Waals surface area contributed by atoms with E-state index in [1.54, 1.807) is 17.2 Å². The van der Waals surface area contributed by atoms with E-state index in [1.807, 2.05) is 49.9 Å². The van der Waals surface area contributed by atoms with Crippen molar-refractivity contribution in [2.45, 2.75) is 90.1 Å². The number of hydrogen-bond acceptors (Lipinski definition) is 9. The third-order valence-corrected chi connectivity index (χ3v) is 9.25. The van der Waals surface area contributed by atoms with Gasteiger partial charge >= 0.3 is 6.09 Å². The summed E-state index contributed by atoms with van der Waals surface area (Å²) < 4.78 is 0. The van der Waals surface area contributed by atoms with Gasteiger partial charge in [0.05, 0.1) is 29.5 Å². The van der Waals surface area contributed by atoms with E-state index in [2.05, 4.69) is 20.2 Å². The molecule has 1 aromatic heterocycles. The van der Waals surface area contributed by atoms with Crippen LogP contribution in [0.1, 0.15) is 71.4 Å². The number of aliphatic hydroxyl groups excluding tert-OH is 1. The number of hydroxylamine groups is 2. The number of carbonyl (C=O) groups excluding carboxylic acids is 3. The lowest BCUT2D eigenvalue weighted by molar-refractivity contribution is -0.274. The number of benzene rings is 1. The minimum absolute atomic E-state index is 0.0822. The fourth-order valence-corrected chi connectivity index (χ4v) is 6.90. The normalized spacial score (nSPS) is 23.5. The highest BCUT2D eigenvalue weighted by Gasteiger charge is 2.54. The molecule has 49 heavy (non-hydrogen) atoms. The largest absolute Gasteiger partial charge is 0.465 e. The summed E-state index contributed by atoms with van der Waals surface area (Å²) in [6.45, 7) is 8.91. The van der Waals surface area contributed by atoms with Crippen LogP contribution in [0.2, 0.25) is 0 Å². The lowest BCUT2D eigenvalue weighted by Gasteiger charge is -2.54. The summed E-state index contributed by atoms with van der Waals surface area (Å²) in [5.74, 6) is -0.956. The van der Waals surface area contributed by atoms with Crippen molar-refractivity contribution in [3.8, 4) is 0 Å². The molecule has 3 aliphatic heterocycles. The molecule has 0 saturated carbocycles. The van der Waals surface area contributed by atoms with Crippen LogP contribution in [0.5, 0.6) is 0 Å². The van der Waals surface area contributed by atoms with Crippen LogP contribution in [0.15, 0.2) is 36.5 Å². The van der Waals surface area contributed by atoms with Gasteiger partial charge in [0.1, 0.15) is 6.04 Å². The third-order valence-electron chi connectivity index (χ3n) is 9.25. The minimum Gasteiger partial charge on any atom is -0.465 e. The first-order valence-electron chi connectivity index (χ1n) is 17.3. The summed E-state index contributed by atoms with van der Waals surface area (Å²) in [7, 11) is 0.